The van der Waals surface area contributed by atoms with E-state index in [2.05, 4.69) is 11.7 Å². The molecular formula is C30H26F8O. The van der Waals surface area contributed by atoms with E-state index < -0.39 is 52.3 Å². The molecule has 0 amide bonds. The van der Waals surface area contributed by atoms with E-state index in [-0.39, 0.29) is 23.1 Å². The van der Waals surface area contributed by atoms with Gasteiger partial charge in [-0.2, -0.15) is 8.78 Å². The first-order chi connectivity index (χ1) is 18.5. The minimum absolute atomic E-state index is 0.00525. The Bertz CT molecular complexity index is 1310. The summed E-state index contributed by atoms with van der Waals surface area (Å²) in [5.74, 6) is -8.01. The second-order valence-electron chi connectivity index (χ2n) is 9.80. The highest BCUT2D eigenvalue weighted by Crippen LogP contribution is 2.38. The van der Waals surface area contributed by atoms with Crippen LogP contribution in [0, 0.1) is 40.8 Å². The van der Waals surface area contributed by atoms with Crippen molar-refractivity contribution < 1.29 is 39.9 Å². The summed E-state index contributed by atoms with van der Waals surface area (Å²) in [6.45, 7) is 2.12. The molecule has 0 aliphatic heterocycles. The lowest BCUT2D eigenvalue weighted by atomic mass is 9.77. The van der Waals surface area contributed by atoms with Gasteiger partial charge < -0.3 is 4.74 Å². The van der Waals surface area contributed by atoms with Crippen LogP contribution in [-0.4, -0.2) is 6.11 Å². The van der Waals surface area contributed by atoms with Crippen LogP contribution in [0.15, 0.2) is 48.5 Å². The third kappa shape index (κ3) is 6.81. The van der Waals surface area contributed by atoms with E-state index in [4.69, 9.17) is 0 Å². The second-order valence-corrected chi connectivity index (χ2v) is 9.80. The Kier molecular flexibility index (Phi) is 8.67. The Balaban J connectivity index is 1.46. The van der Waals surface area contributed by atoms with E-state index in [9.17, 15) is 35.1 Å². The van der Waals surface area contributed by atoms with Gasteiger partial charge in [0.05, 0.1) is 0 Å². The van der Waals surface area contributed by atoms with Crippen LogP contribution in [0.2, 0.25) is 0 Å². The maximum absolute atomic E-state index is 14.7. The lowest BCUT2D eigenvalue weighted by molar-refractivity contribution is -0.131. The lowest BCUT2D eigenvalue weighted by Gasteiger charge is -2.28. The number of ether oxygens (including phenoxy) is 1. The molecule has 3 aromatic carbocycles. The maximum Gasteiger partial charge on any atom is 0.419 e. The molecule has 1 fully saturated rings. The van der Waals surface area contributed by atoms with Gasteiger partial charge in [-0.25, -0.2) is 26.3 Å². The Morgan fingerprint density at radius 3 is 1.97 bits per heavy atom. The van der Waals surface area contributed by atoms with Crippen LogP contribution in [0.5, 0.6) is 5.75 Å². The van der Waals surface area contributed by atoms with Crippen molar-refractivity contribution in [1.82, 2.24) is 0 Å². The fraction of sp³-hybridized carbons (Fsp3) is 0.333. The van der Waals surface area contributed by atoms with Gasteiger partial charge in [0.15, 0.2) is 17.5 Å². The number of benzene rings is 3. The highest BCUT2D eigenvalue weighted by molar-refractivity contribution is 5.65. The van der Waals surface area contributed by atoms with E-state index in [1.54, 1.807) is 0 Å². The van der Waals surface area contributed by atoms with Crippen molar-refractivity contribution in [3.05, 3.63) is 94.6 Å². The number of rotatable bonds is 8. The predicted octanol–water partition coefficient (Wildman–Crippen LogP) is 9.95. The zero-order chi connectivity index (χ0) is 28.3. The zero-order valence-corrected chi connectivity index (χ0v) is 21.0. The van der Waals surface area contributed by atoms with E-state index in [1.807, 2.05) is 0 Å². The minimum atomic E-state index is -4.09. The maximum atomic E-state index is 14.7. The van der Waals surface area contributed by atoms with Crippen LogP contribution in [-0.2, 0) is 0 Å². The summed E-state index contributed by atoms with van der Waals surface area (Å²) in [4.78, 5) is 0. The van der Waals surface area contributed by atoms with Crippen molar-refractivity contribution in [3.63, 3.8) is 0 Å². The van der Waals surface area contributed by atoms with Crippen molar-refractivity contribution in [2.75, 3.05) is 0 Å². The molecule has 208 valence electrons. The molecule has 1 nitrogen and oxygen atoms in total. The van der Waals surface area contributed by atoms with Gasteiger partial charge in [0.2, 0.25) is 0 Å². The van der Waals surface area contributed by atoms with E-state index in [0.717, 1.165) is 50.7 Å². The molecule has 39 heavy (non-hydrogen) atoms. The molecule has 1 aliphatic rings. The quantitative estimate of drug-likeness (QED) is 0.199. The SMILES string of the molecule is CCCC1CCC(c2cc(F)c(/C=C/C(F)(F)Oc3ccc(-c4cc(F)c(F)c(F)c4)c(F)c3)c(F)c2)CC1. The van der Waals surface area contributed by atoms with Crippen LogP contribution in [0.4, 0.5) is 35.1 Å². The summed E-state index contributed by atoms with van der Waals surface area (Å²) in [6.07, 6.45) is 2.40. The average molecular weight is 555 g/mol. The van der Waals surface area contributed by atoms with Gasteiger partial charge in [0, 0.05) is 23.3 Å². The van der Waals surface area contributed by atoms with E-state index >= 15 is 0 Å². The van der Waals surface area contributed by atoms with Crippen molar-refractivity contribution >= 4 is 6.08 Å². The van der Waals surface area contributed by atoms with Crippen molar-refractivity contribution in [2.24, 2.45) is 5.92 Å². The first-order valence-electron chi connectivity index (χ1n) is 12.7. The van der Waals surface area contributed by atoms with Gasteiger partial charge in [-0.3, -0.25) is 0 Å². The summed E-state index contributed by atoms with van der Waals surface area (Å²) in [5, 5.41) is 0. The van der Waals surface area contributed by atoms with E-state index in [1.165, 1.54) is 12.1 Å². The van der Waals surface area contributed by atoms with Crippen LogP contribution >= 0.6 is 0 Å². The summed E-state index contributed by atoms with van der Waals surface area (Å²) in [7, 11) is 0. The molecule has 0 heterocycles. The Hall–Kier alpha value is -3.36. The van der Waals surface area contributed by atoms with Gasteiger partial charge >= 0.3 is 6.11 Å². The van der Waals surface area contributed by atoms with Gasteiger partial charge in [0.1, 0.15) is 23.2 Å². The molecule has 0 unspecified atom stereocenters. The molecule has 0 N–H and O–H groups in total. The molecule has 9 heteroatoms. The van der Waals surface area contributed by atoms with Gasteiger partial charge in [-0.1, -0.05) is 19.8 Å². The predicted molar refractivity (Wildman–Crippen MR) is 132 cm³/mol. The lowest BCUT2D eigenvalue weighted by Crippen LogP contribution is -2.21. The largest absolute Gasteiger partial charge is 0.429 e. The van der Waals surface area contributed by atoms with Crippen LogP contribution in [0.3, 0.4) is 0 Å². The minimum Gasteiger partial charge on any atom is -0.429 e. The van der Waals surface area contributed by atoms with Gasteiger partial charge in [-0.15, -0.1) is 0 Å². The first kappa shape index (κ1) is 28.6. The van der Waals surface area contributed by atoms with Gasteiger partial charge in [-0.05, 0) is 91.1 Å². The molecule has 0 radical (unpaired) electrons. The Morgan fingerprint density at radius 1 is 0.795 bits per heavy atom. The molecule has 0 saturated heterocycles. The molecule has 0 atom stereocenters. The number of alkyl halides is 2. The topological polar surface area (TPSA) is 9.23 Å². The molecule has 1 saturated carbocycles. The van der Waals surface area contributed by atoms with Crippen LogP contribution < -0.4 is 4.74 Å². The molecular weight excluding hydrogens is 528 g/mol. The van der Waals surface area contributed by atoms with Crippen molar-refractivity contribution in [2.45, 2.75) is 57.5 Å². The fourth-order valence-corrected chi connectivity index (χ4v) is 5.07. The normalized spacial score (nSPS) is 18.1. The molecule has 0 bridgehead atoms. The molecule has 3 aromatic rings. The van der Waals surface area contributed by atoms with Crippen LogP contribution in [0.1, 0.15) is 62.5 Å². The monoisotopic (exact) mass is 554 g/mol. The summed E-state index contributed by atoms with van der Waals surface area (Å²) in [5.41, 5.74) is -0.909. The number of hydrogen-bond acceptors (Lipinski definition) is 1. The van der Waals surface area contributed by atoms with Crippen molar-refractivity contribution in [1.29, 1.82) is 0 Å². The van der Waals surface area contributed by atoms with E-state index in [0.29, 0.717) is 35.8 Å². The smallest absolute Gasteiger partial charge is 0.419 e. The molecule has 4 rings (SSSR count). The molecule has 0 spiro atoms. The molecule has 1 aliphatic carbocycles. The third-order valence-corrected chi connectivity index (χ3v) is 7.05. The standard InChI is InChI=1S/C30H26F8O/c1-2-3-17-4-6-18(7-5-17)19-12-24(31)23(25(32)13-19)10-11-30(37,38)39-21-8-9-22(26(33)16-21)20-14-27(34)29(36)28(35)15-20/h8-18H,2-7H2,1H3/b11-10+. The third-order valence-electron chi connectivity index (χ3n) is 7.05. The second kappa shape index (κ2) is 11.8. The molecule has 0 aromatic heterocycles. The number of hydrogen-bond donors (Lipinski definition) is 0. The first-order valence-corrected chi connectivity index (χ1v) is 12.7. The Labute approximate surface area is 221 Å². The van der Waals surface area contributed by atoms with Crippen molar-refractivity contribution in [3.8, 4) is 16.9 Å². The highest BCUT2D eigenvalue weighted by atomic mass is 19.3. The number of halogens is 8. The van der Waals surface area contributed by atoms with Gasteiger partial charge in [0.25, 0.3) is 0 Å². The fourth-order valence-electron chi connectivity index (χ4n) is 5.07. The zero-order valence-electron chi connectivity index (χ0n) is 21.0. The van der Waals surface area contributed by atoms with Crippen LogP contribution in [0.25, 0.3) is 17.2 Å². The summed E-state index contributed by atoms with van der Waals surface area (Å²) >= 11 is 0. The highest BCUT2D eigenvalue weighted by Gasteiger charge is 2.29. The summed E-state index contributed by atoms with van der Waals surface area (Å²) in [6, 6.07) is 5.82. The average Bonchev–Trinajstić information content (AvgIpc) is 2.87. The summed E-state index contributed by atoms with van der Waals surface area (Å²) < 4.78 is 117. The Morgan fingerprint density at radius 2 is 1.41 bits per heavy atom.